The molecule has 0 aromatic heterocycles. The van der Waals surface area contributed by atoms with Crippen LogP contribution in [-0.4, -0.2) is 48.7 Å². The van der Waals surface area contributed by atoms with E-state index in [9.17, 15) is 26.4 Å². The van der Waals surface area contributed by atoms with Gasteiger partial charge in [0, 0.05) is 16.0 Å². The average Bonchev–Trinajstić information content (AvgIpc) is 3.14. The minimum Gasteiger partial charge on any atom is -0.406 e. The summed E-state index contributed by atoms with van der Waals surface area (Å²) < 4.78 is 65.5. The molecule has 2 aromatic carbocycles. The second kappa shape index (κ2) is 8.60. The highest BCUT2D eigenvalue weighted by molar-refractivity contribution is 8.16. The fourth-order valence-electron chi connectivity index (χ4n) is 3.60. The highest BCUT2D eigenvalue weighted by Crippen LogP contribution is 2.41. The first kappa shape index (κ1) is 22.9. The zero-order valence-corrected chi connectivity index (χ0v) is 18.6. The fourth-order valence-corrected chi connectivity index (χ4v) is 7.66. The van der Waals surface area contributed by atoms with Crippen LogP contribution in [0.4, 0.5) is 18.9 Å². The number of nitrogens with zero attached hydrogens (tertiary/aromatic N) is 2. The molecule has 2 fully saturated rings. The SMILES string of the molecule is O=C(Cc1ccc(Cl)cc1)N=C1S[C@@H]2CS(=O)(=O)C[C@@H]2N1c1ccc(OC(F)(F)F)cc1. The maximum Gasteiger partial charge on any atom is 0.573 e. The van der Waals surface area contributed by atoms with Crippen molar-refractivity contribution in [2.75, 3.05) is 16.4 Å². The molecule has 12 heteroatoms. The number of thioether (sulfide) groups is 1. The number of amides is 1. The zero-order chi connectivity index (χ0) is 23.1. The number of aliphatic imine (C=N–C) groups is 1. The molecule has 0 bridgehead atoms. The molecule has 2 aromatic rings. The van der Waals surface area contributed by atoms with Crippen molar-refractivity contribution in [3.8, 4) is 5.75 Å². The molecule has 170 valence electrons. The molecule has 2 aliphatic heterocycles. The molecular formula is C20H16ClF3N2O4S2. The molecule has 4 rings (SSSR count). The van der Waals surface area contributed by atoms with Crippen LogP contribution < -0.4 is 9.64 Å². The van der Waals surface area contributed by atoms with E-state index in [2.05, 4.69) is 9.73 Å². The molecule has 6 nitrogen and oxygen atoms in total. The Hall–Kier alpha value is -2.24. The van der Waals surface area contributed by atoms with E-state index in [4.69, 9.17) is 11.6 Å². The lowest BCUT2D eigenvalue weighted by Gasteiger charge is -2.24. The molecule has 0 aliphatic carbocycles. The summed E-state index contributed by atoms with van der Waals surface area (Å²) >= 11 is 7.04. The topological polar surface area (TPSA) is 76.0 Å². The Morgan fingerprint density at radius 2 is 1.78 bits per heavy atom. The smallest absolute Gasteiger partial charge is 0.406 e. The van der Waals surface area contributed by atoms with Gasteiger partial charge in [0.05, 0.1) is 24.0 Å². The van der Waals surface area contributed by atoms with Crippen LogP contribution >= 0.6 is 23.4 Å². The maximum atomic E-state index is 12.6. The van der Waals surface area contributed by atoms with Gasteiger partial charge in [-0.1, -0.05) is 35.5 Å². The first-order chi connectivity index (χ1) is 15.0. The van der Waals surface area contributed by atoms with E-state index in [1.165, 1.54) is 23.9 Å². The number of rotatable bonds is 4. The van der Waals surface area contributed by atoms with Gasteiger partial charge >= 0.3 is 6.36 Å². The Labute approximate surface area is 191 Å². The molecule has 0 radical (unpaired) electrons. The summed E-state index contributed by atoms with van der Waals surface area (Å²) in [5.41, 5.74) is 1.14. The molecule has 2 atom stereocenters. The summed E-state index contributed by atoms with van der Waals surface area (Å²) in [7, 11) is -3.27. The van der Waals surface area contributed by atoms with Gasteiger partial charge in [0.15, 0.2) is 15.0 Å². The van der Waals surface area contributed by atoms with Gasteiger partial charge in [0.1, 0.15) is 5.75 Å². The van der Waals surface area contributed by atoms with Crippen LogP contribution in [0.25, 0.3) is 0 Å². The van der Waals surface area contributed by atoms with E-state index in [1.54, 1.807) is 29.2 Å². The lowest BCUT2D eigenvalue weighted by atomic mass is 10.1. The summed E-state index contributed by atoms with van der Waals surface area (Å²) in [6.07, 6.45) is -4.79. The summed E-state index contributed by atoms with van der Waals surface area (Å²) in [5.74, 6) is -1.02. The number of anilines is 1. The quantitative estimate of drug-likeness (QED) is 0.624. The van der Waals surface area contributed by atoms with Crippen LogP contribution in [0.5, 0.6) is 5.75 Å². The van der Waals surface area contributed by atoms with Crippen molar-refractivity contribution < 1.29 is 31.1 Å². The Bertz CT molecular complexity index is 1150. The van der Waals surface area contributed by atoms with Crippen LogP contribution in [0.1, 0.15) is 5.56 Å². The van der Waals surface area contributed by atoms with Crippen LogP contribution in [-0.2, 0) is 21.1 Å². The van der Waals surface area contributed by atoms with Crippen LogP contribution in [0.3, 0.4) is 0 Å². The first-order valence-corrected chi connectivity index (χ1v) is 12.5. The van der Waals surface area contributed by atoms with Gasteiger partial charge in [-0.3, -0.25) is 4.79 Å². The second-order valence-electron chi connectivity index (χ2n) is 7.30. The predicted octanol–water partition coefficient (Wildman–Crippen LogP) is 4.08. The normalized spacial score (nSPS) is 23.4. The van der Waals surface area contributed by atoms with Gasteiger partial charge in [-0.25, -0.2) is 8.42 Å². The number of hydrogen-bond acceptors (Lipinski definition) is 5. The third-order valence-corrected chi connectivity index (χ3v) is 8.37. The molecule has 0 spiro atoms. The average molecular weight is 505 g/mol. The molecule has 32 heavy (non-hydrogen) atoms. The summed E-state index contributed by atoms with van der Waals surface area (Å²) in [6.45, 7) is 0. The Morgan fingerprint density at radius 1 is 1.12 bits per heavy atom. The minimum absolute atomic E-state index is 0.0288. The Morgan fingerprint density at radius 3 is 2.41 bits per heavy atom. The van der Waals surface area contributed by atoms with Gasteiger partial charge in [0.25, 0.3) is 5.91 Å². The van der Waals surface area contributed by atoms with Crippen molar-refractivity contribution in [2.24, 2.45) is 4.99 Å². The lowest BCUT2D eigenvalue weighted by molar-refractivity contribution is -0.274. The minimum atomic E-state index is -4.82. The van der Waals surface area contributed by atoms with Crippen LogP contribution in [0, 0.1) is 0 Å². The van der Waals surface area contributed by atoms with E-state index < -0.39 is 33.9 Å². The van der Waals surface area contributed by atoms with E-state index in [1.807, 2.05) is 0 Å². The number of sulfone groups is 1. The number of carbonyl (C=O) groups excluding carboxylic acids is 1. The van der Waals surface area contributed by atoms with Gasteiger partial charge in [-0.15, -0.1) is 13.2 Å². The van der Waals surface area contributed by atoms with Gasteiger partial charge < -0.3 is 9.64 Å². The fraction of sp³-hybridized carbons (Fsp3) is 0.300. The standard InChI is InChI=1S/C20H16ClF3N2O4S2/c21-13-3-1-12(2-4-13)9-18(27)25-19-26(16-10-32(28,29)11-17(16)31-19)14-5-7-15(8-6-14)30-20(22,23)24/h1-8,16-17H,9-11H2/t16-,17+/m0/s1. The van der Waals surface area contributed by atoms with Crippen LogP contribution in [0.15, 0.2) is 53.5 Å². The van der Waals surface area contributed by atoms with Crippen LogP contribution in [0.2, 0.25) is 5.02 Å². The third-order valence-electron chi connectivity index (χ3n) is 4.90. The Balaban J connectivity index is 1.60. The maximum absolute atomic E-state index is 12.6. The largest absolute Gasteiger partial charge is 0.573 e. The van der Waals surface area contributed by atoms with E-state index in [0.717, 1.165) is 17.7 Å². The molecule has 1 amide bonds. The highest BCUT2D eigenvalue weighted by atomic mass is 35.5. The molecule has 0 unspecified atom stereocenters. The van der Waals surface area contributed by atoms with Crippen molar-refractivity contribution in [2.45, 2.75) is 24.1 Å². The molecule has 2 aliphatic rings. The summed E-state index contributed by atoms with van der Waals surface area (Å²) in [6, 6.07) is 11.3. The monoisotopic (exact) mass is 504 g/mol. The van der Waals surface area contributed by atoms with Crippen molar-refractivity contribution >= 4 is 50.0 Å². The molecule has 2 saturated heterocycles. The van der Waals surface area contributed by atoms with Gasteiger partial charge in [-0.2, -0.15) is 4.99 Å². The molecule has 0 N–H and O–H groups in total. The number of alkyl halides is 3. The van der Waals surface area contributed by atoms with Crippen molar-refractivity contribution in [1.82, 2.24) is 0 Å². The van der Waals surface area contributed by atoms with E-state index in [0.29, 0.717) is 15.9 Å². The van der Waals surface area contributed by atoms with Crippen molar-refractivity contribution in [1.29, 1.82) is 0 Å². The number of benzene rings is 2. The first-order valence-electron chi connectivity index (χ1n) is 9.37. The zero-order valence-electron chi connectivity index (χ0n) is 16.3. The predicted molar refractivity (Wildman–Crippen MR) is 117 cm³/mol. The van der Waals surface area contributed by atoms with Crippen molar-refractivity contribution in [3.63, 3.8) is 0 Å². The number of hydrogen-bond donors (Lipinski definition) is 0. The number of amidine groups is 1. The van der Waals surface area contributed by atoms with Crippen molar-refractivity contribution in [3.05, 3.63) is 59.1 Å². The van der Waals surface area contributed by atoms with Gasteiger partial charge in [-0.05, 0) is 42.0 Å². The summed E-state index contributed by atoms with van der Waals surface area (Å²) in [4.78, 5) is 18.4. The number of halogens is 4. The highest BCUT2D eigenvalue weighted by Gasteiger charge is 2.49. The van der Waals surface area contributed by atoms with Gasteiger partial charge in [0.2, 0.25) is 0 Å². The van der Waals surface area contributed by atoms with E-state index in [-0.39, 0.29) is 23.2 Å². The third kappa shape index (κ3) is 5.38. The van der Waals surface area contributed by atoms with E-state index >= 15 is 0 Å². The number of fused-ring (bicyclic) bond motifs is 1. The second-order valence-corrected chi connectivity index (χ2v) is 11.1. The number of carbonyl (C=O) groups is 1. The molecule has 0 saturated carbocycles. The lowest BCUT2D eigenvalue weighted by Crippen LogP contribution is -2.37. The Kier molecular flexibility index (Phi) is 6.17. The number of ether oxygens (including phenoxy) is 1. The molecular weight excluding hydrogens is 489 g/mol. The summed E-state index contributed by atoms with van der Waals surface area (Å²) in [5, 5.41) is 0.531. The molecule has 2 heterocycles.